The van der Waals surface area contributed by atoms with E-state index in [0.717, 1.165) is 0 Å². The number of hydrogen-bond acceptors (Lipinski definition) is 8. The minimum absolute atomic E-state index is 0.154. The Morgan fingerprint density at radius 1 is 1.09 bits per heavy atom. The van der Waals surface area contributed by atoms with Gasteiger partial charge in [-0.15, -0.1) is 4.40 Å². The first-order chi connectivity index (χ1) is 16.1. The standard InChI is InChI=1S/C22H23FN4O6S/c1-15(28)16-2-4-19(18(23)12-16)25-6-8-26(9-7-25)21(29)14-33-22(30)17-3-5-20-24-34(31,32)11-10-27(20)13-17/h2-5,12-13H,6-11,14H2,1H3. The van der Waals surface area contributed by atoms with Crippen LogP contribution in [0.1, 0.15) is 17.3 Å². The predicted octanol–water partition coefficient (Wildman–Crippen LogP) is 0.718. The van der Waals surface area contributed by atoms with E-state index in [1.165, 1.54) is 36.2 Å². The normalized spacial score (nSPS) is 19.2. The quantitative estimate of drug-likeness (QED) is 0.438. The summed E-state index contributed by atoms with van der Waals surface area (Å²) in [6, 6.07) is 4.34. The molecule has 3 aliphatic heterocycles. The number of amides is 1. The molecule has 0 radical (unpaired) electrons. The molecule has 12 heteroatoms. The van der Waals surface area contributed by atoms with Gasteiger partial charge in [-0.2, -0.15) is 0 Å². The molecule has 180 valence electrons. The molecule has 0 aliphatic carbocycles. The lowest BCUT2D eigenvalue weighted by Crippen LogP contribution is -2.50. The largest absolute Gasteiger partial charge is 0.452 e. The van der Waals surface area contributed by atoms with E-state index < -0.39 is 28.4 Å². The fraction of sp³-hybridized carbons (Fsp3) is 0.364. The molecule has 1 amide bonds. The molecule has 0 saturated carbocycles. The van der Waals surface area contributed by atoms with Crippen LogP contribution < -0.4 is 4.90 Å². The number of ether oxygens (including phenoxy) is 1. The summed E-state index contributed by atoms with van der Waals surface area (Å²) < 4.78 is 46.3. The summed E-state index contributed by atoms with van der Waals surface area (Å²) in [5.74, 6) is -1.71. The SMILES string of the molecule is CC(=O)c1ccc(N2CCN(C(=O)COC(=O)C3=CN4CCS(=O)(=O)N=C4C=C3)CC2)c(F)c1. The lowest BCUT2D eigenvalue weighted by Gasteiger charge is -2.36. The molecule has 0 spiro atoms. The number of halogens is 1. The summed E-state index contributed by atoms with van der Waals surface area (Å²) in [5, 5.41) is 0. The second-order valence-corrected chi connectivity index (χ2v) is 9.77. The summed E-state index contributed by atoms with van der Waals surface area (Å²) in [7, 11) is -3.49. The van der Waals surface area contributed by atoms with Gasteiger partial charge in [-0.3, -0.25) is 9.59 Å². The average Bonchev–Trinajstić information content (AvgIpc) is 2.81. The maximum Gasteiger partial charge on any atom is 0.340 e. The van der Waals surface area contributed by atoms with Crippen LogP contribution in [-0.4, -0.2) is 86.8 Å². The van der Waals surface area contributed by atoms with Crippen molar-refractivity contribution >= 4 is 39.2 Å². The van der Waals surface area contributed by atoms with Crippen LogP contribution in [0.5, 0.6) is 0 Å². The Kier molecular flexibility index (Phi) is 6.51. The Balaban J connectivity index is 1.28. The molecule has 10 nitrogen and oxygen atoms in total. The molecule has 3 heterocycles. The van der Waals surface area contributed by atoms with Gasteiger partial charge in [0.1, 0.15) is 11.7 Å². The van der Waals surface area contributed by atoms with Gasteiger partial charge in [0.15, 0.2) is 12.4 Å². The number of amidine groups is 1. The van der Waals surface area contributed by atoms with Gasteiger partial charge in [-0.05, 0) is 37.3 Å². The molecule has 1 aromatic carbocycles. The Hall–Kier alpha value is -3.54. The number of benzene rings is 1. The molecule has 0 bridgehead atoms. The first kappa shape index (κ1) is 23.6. The second-order valence-electron chi connectivity index (χ2n) is 8.01. The molecule has 0 N–H and O–H groups in total. The van der Waals surface area contributed by atoms with E-state index in [1.807, 2.05) is 0 Å². The van der Waals surface area contributed by atoms with Crippen LogP contribution in [0.15, 0.2) is 46.5 Å². The van der Waals surface area contributed by atoms with Gasteiger partial charge in [0, 0.05) is 44.5 Å². The molecule has 1 aromatic rings. The summed E-state index contributed by atoms with van der Waals surface area (Å²) in [6.07, 6.45) is 4.26. The highest BCUT2D eigenvalue weighted by molar-refractivity contribution is 7.90. The maximum atomic E-state index is 14.4. The van der Waals surface area contributed by atoms with E-state index in [2.05, 4.69) is 4.40 Å². The maximum absolute atomic E-state index is 14.4. The number of Topliss-reactive ketones (excluding diaryl/α,β-unsaturated/α-hetero) is 1. The van der Waals surface area contributed by atoms with Crippen LogP contribution in [0.2, 0.25) is 0 Å². The highest BCUT2D eigenvalue weighted by atomic mass is 32.2. The minimum Gasteiger partial charge on any atom is -0.452 e. The van der Waals surface area contributed by atoms with Crippen LogP contribution in [0.4, 0.5) is 10.1 Å². The zero-order chi connectivity index (χ0) is 24.5. The third-order valence-corrected chi connectivity index (χ3v) is 6.88. The topological polar surface area (TPSA) is 117 Å². The van der Waals surface area contributed by atoms with Gasteiger partial charge in [0.2, 0.25) is 0 Å². The van der Waals surface area contributed by atoms with Crippen molar-refractivity contribution in [2.75, 3.05) is 50.0 Å². The van der Waals surface area contributed by atoms with Crippen LogP contribution in [-0.2, 0) is 24.3 Å². The number of carbonyl (C=O) groups is 3. The Labute approximate surface area is 196 Å². The highest BCUT2D eigenvalue weighted by Gasteiger charge is 2.27. The molecule has 0 aromatic heterocycles. The van der Waals surface area contributed by atoms with E-state index in [0.29, 0.717) is 37.4 Å². The lowest BCUT2D eigenvalue weighted by atomic mass is 10.1. The Morgan fingerprint density at radius 3 is 2.50 bits per heavy atom. The molecule has 4 rings (SSSR count). The number of ketones is 1. The van der Waals surface area contributed by atoms with Gasteiger partial charge in [0.25, 0.3) is 15.9 Å². The number of anilines is 1. The summed E-state index contributed by atoms with van der Waals surface area (Å²) in [5.41, 5.74) is 0.849. The first-order valence-corrected chi connectivity index (χ1v) is 12.2. The zero-order valence-corrected chi connectivity index (χ0v) is 19.3. The van der Waals surface area contributed by atoms with E-state index in [9.17, 15) is 27.2 Å². The van der Waals surface area contributed by atoms with Gasteiger partial charge < -0.3 is 19.4 Å². The Morgan fingerprint density at radius 2 is 1.82 bits per heavy atom. The molecule has 1 saturated heterocycles. The predicted molar refractivity (Wildman–Crippen MR) is 121 cm³/mol. The smallest absolute Gasteiger partial charge is 0.340 e. The summed E-state index contributed by atoms with van der Waals surface area (Å²) >= 11 is 0. The van der Waals surface area contributed by atoms with Crippen LogP contribution >= 0.6 is 0 Å². The Bertz CT molecular complexity index is 1230. The molecular weight excluding hydrogens is 467 g/mol. The van der Waals surface area contributed by atoms with Crippen molar-refractivity contribution in [3.05, 3.63) is 53.5 Å². The number of esters is 1. The summed E-state index contributed by atoms with van der Waals surface area (Å²) in [4.78, 5) is 41.1. The molecule has 0 atom stereocenters. The fourth-order valence-corrected chi connectivity index (χ4v) is 4.77. The number of piperazine rings is 1. The van der Waals surface area contributed by atoms with Gasteiger partial charge in [-0.1, -0.05) is 0 Å². The van der Waals surface area contributed by atoms with Crippen molar-refractivity contribution < 1.29 is 31.9 Å². The van der Waals surface area contributed by atoms with Crippen LogP contribution in [0.3, 0.4) is 0 Å². The van der Waals surface area contributed by atoms with Crippen molar-refractivity contribution in [1.29, 1.82) is 0 Å². The number of carbonyl (C=O) groups excluding carboxylic acids is 3. The van der Waals surface area contributed by atoms with E-state index >= 15 is 0 Å². The number of rotatable bonds is 5. The fourth-order valence-electron chi connectivity index (χ4n) is 3.80. The third-order valence-electron chi connectivity index (χ3n) is 5.71. The second kappa shape index (κ2) is 9.37. The molecule has 34 heavy (non-hydrogen) atoms. The summed E-state index contributed by atoms with van der Waals surface area (Å²) in [6.45, 7) is 2.54. The van der Waals surface area contributed by atoms with E-state index in [-0.39, 0.29) is 35.4 Å². The zero-order valence-electron chi connectivity index (χ0n) is 18.4. The highest BCUT2D eigenvalue weighted by Crippen LogP contribution is 2.22. The molecule has 0 unspecified atom stereocenters. The first-order valence-electron chi connectivity index (χ1n) is 10.6. The van der Waals surface area contributed by atoms with Crippen LogP contribution in [0.25, 0.3) is 0 Å². The number of sulfonamides is 1. The van der Waals surface area contributed by atoms with Gasteiger partial charge >= 0.3 is 5.97 Å². The minimum atomic E-state index is -3.49. The van der Waals surface area contributed by atoms with Crippen molar-refractivity contribution in [1.82, 2.24) is 9.80 Å². The van der Waals surface area contributed by atoms with Gasteiger partial charge in [0.05, 0.1) is 17.0 Å². The molecular formula is C22H23FN4O6S. The van der Waals surface area contributed by atoms with Gasteiger partial charge in [-0.25, -0.2) is 17.6 Å². The van der Waals surface area contributed by atoms with Crippen LogP contribution in [0, 0.1) is 5.82 Å². The molecule has 1 fully saturated rings. The van der Waals surface area contributed by atoms with Crippen molar-refractivity contribution in [3.63, 3.8) is 0 Å². The average molecular weight is 491 g/mol. The number of fused-ring (bicyclic) bond motifs is 1. The van der Waals surface area contributed by atoms with E-state index in [1.54, 1.807) is 21.9 Å². The number of hydrogen-bond donors (Lipinski definition) is 0. The van der Waals surface area contributed by atoms with Crippen molar-refractivity contribution in [3.8, 4) is 0 Å². The number of nitrogens with zero attached hydrogens (tertiary/aromatic N) is 4. The monoisotopic (exact) mass is 490 g/mol. The van der Waals surface area contributed by atoms with Crippen molar-refractivity contribution in [2.45, 2.75) is 6.92 Å². The van der Waals surface area contributed by atoms with E-state index in [4.69, 9.17) is 4.74 Å². The molecule has 3 aliphatic rings. The lowest BCUT2D eigenvalue weighted by molar-refractivity contribution is -0.148. The van der Waals surface area contributed by atoms with Crippen molar-refractivity contribution in [2.24, 2.45) is 4.40 Å². The third kappa shape index (κ3) is 5.16.